The Hall–Kier alpha value is -0.800. The summed E-state index contributed by atoms with van der Waals surface area (Å²) in [6, 6.07) is 0. The summed E-state index contributed by atoms with van der Waals surface area (Å²) in [6.45, 7) is 2.68. The fourth-order valence-electron chi connectivity index (χ4n) is 0.556. The van der Waals surface area contributed by atoms with Crippen LogP contribution in [0.5, 0.6) is 0 Å². The minimum atomic E-state index is -3.16. The van der Waals surface area contributed by atoms with E-state index in [-0.39, 0.29) is 12.0 Å². The molecule has 1 atom stereocenters. The summed E-state index contributed by atoms with van der Waals surface area (Å²) in [4.78, 5) is 21.2. The van der Waals surface area contributed by atoms with E-state index in [9.17, 15) is 9.36 Å². The van der Waals surface area contributed by atoms with Crippen molar-refractivity contribution >= 4 is 20.3 Å². The summed E-state index contributed by atoms with van der Waals surface area (Å²) in [5, 5.41) is 0. The zero-order chi connectivity index (χ0) is 9.78. The first-order valence-corrected chi connectivity index (χ1v) is 4.30. The van der Waals surface area contributed by atoms with Gasteiger partial charge < -0.3 is 10.4 Å². The van der Waals surface area contributed by atoms with Crippen molar-refractivity contribution in [2.45, 2.75) is 19.4 Å². The monoisotopic (exact) mass is 192 g/mol. The lowest BCUT2D eigenvalue weighted by Gasteiger charge is -2.14. The zero-order valence-electron chi connectivity index (χ0n) is 6.64. The molecule has 0 radical (unpaired) electrons. The van der Waals surface area contributed by atoms with Gasteiger partial charge in [0.15, 0.2) is 5.60 Å². The number of hydrogen-bond donors (Lipinski definition) is 1. The maximum atomic E-state index is 10.3. The molecule has 0 aromatic rings. The van der Waals surface area contributed by atoms with Crippen molar-refractivity contribution in [1.82, 2.24) is 0 Å². The van der Waals surface area contributed by atoms with E-state index in [1.54, 1.807) is 0 Å². The van der Waals surface area contributed by atoms with E-state index in [0.29, 0.717) is 0 Å². The maximum absolute atomic E-state index is 10.3. The van der Waals surface area contributed by atoms with E-state index < -0.39 is 13.9 Å². The van der Waals surface area contributed by atoms with Crippen LogP contribution in [0.1, 0.15) is 13.8 Å². The smallest absolute Gasteiger partial charge is 0.361 e. The van der Waals surface area contributed by atoms with E-state index in [0.717, 1.165) is 0 Å². The van der Waals surface area contributed by atoms with Crippen LogP contribution in [0.2, 0.25) is 0 Å². The molecule has 0 aromatic carbocycles. The van der Waals surface area contributed by atoms with Gasteiger partial charge in [0.25, 0.3) is 0 Å². The van der Waals surface area contributed by atoms with Crippen LogP contribution in [0.25, 0.3) is 5.53 Å². The van der Waals surface area contributed by atoms with Gasteiger partial charge in [0.2, 0.25) is 6.29 Å². The lowest BCUT2D eigenvalue weighted by molar-refractivity contribution is -0.109. The third-order valence-electron chi connectivity index (χ3n) is 1.18. The van der Waals surface area contributed by atoms with Gasteiger partial charge >= 0.3 is 14.0 Å². The molecular formula is C5H9N2O4P. The summed E-state index contributed by atoms with van der Waals surface area (Å²) in [6.07, 6.45) is 0.255. The molecule has 0 aliphatic carbocycles. The molecule has 0 saturated heterocycles. The second-order valence-electron chi connectivity index (χ2n) is 2.48. The SMILES string of the molecule is CC(C)(O[PH](=O)O)C(C=O)=[N+]=[N-]. The van der Waals surface area contributed by atoms with Crippen molar-refractivity contribution in [1.29, 1.82) is 0 Å². The minimum Gasteiger partial charge on any atom is -0.361 e. The molecule has 0 rings (SSSR count). The highest BCUT2D eigenvalue weighted by Crippen LogP contribution is 2.25. The molecule has 6 nitrogen and oxygen atoms in total. The first kappa shape index (κ1) is 11.2. The van der Waals surface area contributed by atoms with Crippen LogP contribution in [-0.2, 0) is 13.9 Å². The Morgan fingerprint density at radius 1 is 1.75 bits per heavy atom. The van der Waals surface area contributed by atoms with Gasteiger partial charge in [0.05, 0.1) is 0 Å². The number of hydrogen-bond acceptors (Lipinski definition) is 3. The minimum absolute atomic E-state index is 0.255. The van der Waals surface area contributed by atoms with Gasteiger partial charge in [0, 0.05) is 0 Å². The Morgan fingerprint density at radius 2 is 2.25 bits per heavy atom. The molecule has 0 heterocycles. The molecule has 68 valence electrons. The Bertz CT molecular complexity index is 256. The zero-order valence-corrected chi connectivity index (χ0v) is 7.64. The molecule has 0 aromatic heterocycles. The normalized spacial score (nSPS) is 13.2. The summed E-state index contributed by atoms with van der Waals surface area (Å²) in [7, 11) is -3.16. The van der Waals surface area contributed by atoms with E-state index in [1.807, 2.05) is 0 Å². The standard InChI is InChI=1S/C5H9N2O4P/c1-5(2,11-12(9)10)4(3-8)7-6/h3,12H,1-2H3,(H,9,10). The highest BCUT2D eigenvalue weighted by Gasteiger charge is 2.35. The van der Waals surface area contributed by atoms with Crippen molar-refractivity contribution in [3.05, 3.63) is 5.53 Å². The fraction of sp³-hybridized carbons (Fsp3) is 0.600. The first-order chi connectivity index (χ1) is 5.44. The van der Waals surface area contributed by atoms with E-state index >= 15 is 0 Å². The molecule has 0 saturated carbocycles. The van der Waals surface area contributed by atoms with Crippen LogP contribution >= 0.6 is 8.25 Å². The second-order valence-corrected chi connectivity index (χ2v) is 3.22. The summed E-state index contributed by atoms with van der Waals surface area (Å²) < 4.78 is 14.7. The average molecular weight is 192 g/mol. The van der Waals surface area contributed by atoms with Crippen LogP contribution in [0.3, 0.4) is 0 Å². The third-order valence-corrected chi connectivity index (χ3v) is 1.86. The lowest BCUT2D eigenvalue weighted by atomic mass is 10.1. The van der Waals surface area contributed by atoms with Crippen molar-refractivity contribution in [3.8, 4) is 0 Å². The number of carbonyl (C=O) groups is 1. The summed E-state index contributed by atoms with van der Waals surface area (Å²) in [5.41, 5.74) is 6.59. The van der Waals surface area contributed by atoms with Gasteiger partial charge in [-0.05, 0) is 13.8 Å². The highest BCUT2D eigenvalue weighted by atomic mass is 31.1. The number of rotatable bonds is 4. The van der Waals surface area contributed by atoms with Gasteiger partial charge in [-0.3, -0.25) is 13.9 Å². The van der Waals surface area contributed by atoms with Crippen molar-refractivity contribution in [3.63, 3.8) is 0 Å². The molecule has 0 amide bonds. The summed E-state index contributed by atoms with van der Waals surface area (Å²) in [5.74, 6) is 0. The van der Waals surface area contributed by atoms with Gasteiger partial charge in [-0.15, -0.1) is 0 Å². The predicted molar refractivity (Wildman–Crippen MR) is 41.1 cm³/mol. The number of nitrogens with zero attached hydrogens (tertiary/aromatic N) is 2. The van der Waals surface area contributed by atoms with Crippen LogP contribution in [0, 0.1) is 0 Å². The largest absolute Gasteiger partial charge is 0.362 e. The molecule has 0 bridgehead atoms. The molecule has 0 spiro atoms. The van der Waals surface area contributed by atoms with Crippen molar-refractivity contribution in [2.75, 3.05) is 0 Å². The average Bonchev–Trinajstić information content (AvgIpc) is 1.85. The highest BCUT2D eigenvalue weighted by molar-refractivity contribution is 7.32. The molecule has 1 N–H and O–H groups in total. The second kappa shape index (κ2) is 4.28. The Morgan fingerprint density at radius 3 is 2.50 bits per heavy atom. The van der Waals surface area contributed by atoms with Gasteiger partial charge in [-0.1, -0.05) is 0 Å². The molecular weight excluding hydrogens is 183 g/mol. The van der Waals surface area contributed by atoms with Crippen LogP contribution < -0.4 is 0 Å². The van der Waals surface area contributed by atoms with Crippen LogP contribution in [0.15, 0.2) is 0 Å². The number of carbonyl (C=O) groups excluding carboxylic acids is 1. The Kier molecular flexibility index (Phi) is 4.00. The Labute approximate surface area is 69.7 Å². The van der Waals surface area contributed by atoms with Crippen molar-refractivity contribution < 1.29 is 23.6 Å². The molecule has 0 fully saturated rings. The van der Waals surface area contributed by atoms with Gasteiger partial charge in [0.1, 0.15) is 0 Å². The number of aldehydes is 1. The molecule has 0 aliphatic heterocycles. The molecule has 12 heavy (non-hydrogen) atoms. The van der Waals surface area contributed by atoms with Crippen LogP contribution in [-0.4, -0.2) is 27.3 Å². The van der Waals surface area contributed by atoms with E-state index in [2.05, 4.69) is 9.31 Å². The van der Waals surface area contributed by atoms with E-state index in [1.165, 1.54) is 13.8 Å². The molecule has 0 aliphatic rings. The maximum Gasteiger partial charge on any atom is 0.362 e. The predicted octanol–water partition coefficient (Wildman–Crippen LogP) is 0.0333. The van der Waals surface area contributed by atoms with Crippen LogP contribution in [0.4, 0.5) is 0 Å². The Balaban J connectivity index is 4.70. The van der Waals surface area contributed by atoms with Gasteiger partial charge in [-0.2, -0.15) is 4.79 Å². The van der Waals surface area contributed by atoms with Gasteiger partial charge in [-0.25, -0.2) is 0 Å². The van der Waals surface area contributed by atoms with Crippen molar-refractivity contribution in [2.24, 2.45) is 0 Å². The third kappa shape index (κ3) is 3.07. The fourth-order valence-corrected chi connectivity index (χ4v) is 1.10. The summed E-state index contributed by atoms with van der Waals surface area (Å²) >= 11 is 0. The topological polar surface area (TPSA) is 100 Å². The lowest BCUT2D eigenvalue weighted by Crippen LogP contribution is -2.34. The quantitative estimate of drug-likeness (QED) is 0.223. The van der Waals surface area contributed by atoms with E-state index in [4.69, 9.17) is 10.4 Å². The molecule has 1 unspecified atom stereocenters. The molecule has 7 heteroatoms. The first-order valence-electron chi connectivity index (χ1n) is 3.03.